The smallest absolute Gasteiger partial charge is 0.288 e. The fourth-order valence-corrected chi connectivity index (χ4v) is 3.00. The molecule has 1 amide bonds. The van der Waals surface area contributed by atoms with E-state index >= 15 is 0 Å². The molecular weight excluding hydrogens is 330 g/mol. The van der Waals surface area contributed by atoms with Crippen LogP contribution in [0.1, 0.15) is 29.1 Å². The highest BCUT2D eigenvalue weighted by Gasteiger charge is 2.20. The summed E-state index contributed by atoms with van der Waals surface area (Å²) in [6.07, 6.45) is 1.53. The first kappa shape index (κ1) is 16.3. The Balaban J connectivity index is 1.53. The summed E-state index contributed by atoms with van der Waals surface area (Å²) in [5, 5.41) is 2.99. The zero-order valence-corrected chi connectivity index (χ0v) is 14.4. The van der Waals surface area contributed by atoms with Gasteiger partial charge < -0.3 is 19.2 Å². The quantitative estimate of drug-likeness (QED) is 0.766. The topological polar surface area (TPSA) is 60.7 Å². The Morgan fingerprint density at radius 2 is 1.77 bits per heavy atom. The maximum Gasteiger partial charge on any atom is 0.288 e. The van der Waals surface area contributed by atoms with Gasteiger partial charge in [-0.25, -0.2) is 0 Å². The number of furan rings is 1. The van der Waals surface area contributed by atoms with Crippen LogP contribution in [0.15, 0.2) is 65.3 Å². The van der Waals surface area contributed by atoms with E-state index in [4.69, 9.17) is 13.9 Å². The fraction of sp³-hybridized carbons (Fsp3) is 0.190. The SMILES string of the molecule is C[C@@H](NC(=O)c1occc1-c1ccccc1)c1ccc2c(c1)OCCO2. The molecule has 5 heteroatoms. The highest BCUT2D eigenvalue weighted by atomic mass is 16.6. The second kappa shape index (κ2) is 6.96. The van der Waals surface area contributed by atoms with E-state index in [0.29, 0.717) is 24.7 Å². The Kier molecular flexibility index (Phi) is 4.35. The average Bonchev–Trinajstić information content (AvgIpc) is 3.18. The maximum atomic E-state index is 12.7. The molecule has 1 aliphatic rings. The molecule has 0 radical (unpaired) electrons. The van der Waals surface area contributed by atoms with Gasteiger partial charge in [0.1, 0.15) is 13.2 Å². The van der Waals surface area contributed by atoms with Crippen LogP contribution < -0.4 is 14.8 Å². The van der Waals surface area contributed by atoms with Crippen LogP contribution in [0.3, 0.4) is 0 Å². The summed E-state index contributed by atoms with van der Waals surface area (Å²) in [5.41, 5.74) is 2.66. The van der Waals surface area contributed by atoms with Crippen LogP contribution in [-0.2, 0) is 0 Å². The van der Waals surface area contributed by atoms with Crippen molar-refractivity contribution in [2.75, 3.05) is 13.2 Å². The van der Waals surface area contributed by atoms with Gasteiger partial charge >= 0.3 is 0 Å². The van der Waals surface area contributed by atoms with Gasteiger partial charge in [0.2, 0.25) is 0 Å². The summed E-state index contributed by atoms with van der Waals surface area (Å²) in [7, 11) is 0. The summed E-state index contributed by atoms with van der Waals surface area (Å²) in [5.74, 6) is 1.49. The molecule has 132 valence electrons. The molecule has 0 unspecified atom stereocenters. The van der Waals surface area contributed by atoms with Crippen LogP contribution in [-0.4, -0.2) is 19.1 Å². The van der Waals surface area contributed by atoms with Crippen LogP contribution in [0.2, 0.25) is 0 Å². The molecule has 2 heterocycles. The molecule has 2 aromatic carbocycles. The third kappa shape index (κ3) is 3.16. The van der Waals surface area contributed by atoms with E-state index in [0.717, 1.165) is 22.4 Å². The first-order chi connectivity index (χ1) is 12.7. The number of amides is 1. The average molecular weight is 349 g/mol. The number of nitrogens with one attached hydrogen (secondary N) is 1. The molecular formula is C21H19NO4. The van der Waals surface area contributed by atoms with E-state index in [1.807, 2.05) is 55.5 Å². The molecule has 1 atom stereocenters. The van der Waals surface area contributed by atoms with E-state index in [9.17, 15) is 4.79 Å². The number of hydrogen-bond donors (Lipinski definition) is 1. The van der Waals surface area contributed by atoms with Crippen molar-refractivity contribution in [3.8, 4) is 22.6 Å². The Hall–Kier alpha value is -3.21. The second-order valence-electron chi connectivity index (χ2n) is 6.13. The van der Waals surface area contributed by atoms with Crippen LogP contribution in [0.4, 0.5) is 0 Å². The van der Waals surface area contributed by atoms with Crippen molar-refractivity contribution in [2.45, 2.75) is 13.0 Å². The number of fused-ring (bicyclic) bond motifs is 1. The van der Waals surface area contributed by atoms with Gasteiger partial charge in [0.15, 0.2) is 17.3 Å². The Morgan fingerprint density at radius 3 is 2.58 bits per heavy atom. The molecule has 0 saturated heterocycles. The lowest BCUT2D eigenvalue weighted by molar-refractivity contribution is 0.0912. The lowest BCUT2D eigenvalue weighted by atomic mass is 10.0. The van der Waals surface area contributed by atoms with Gasteiger partial charge in [-0.3, -0.25) is 4.79 Å². The van der Waals surface area contributed by atoms with E-state index < -0.39 is 0 Å². The largest absolute Gasteiger partial charge is 0.486 e. The number of carbonyl (C=O) groups excluding carboxylic acids is 1. The molecule has 1 aliphatic heterocycles. The Labute approximate surface area is 151 Å². The van der Waals surface area contributed by atoms with E-state index in [2.05, 4.69) is 5.32 Å². The predicted molar refractivity (Wildman–Crippen MR) is 97.5 cm³/mol. The lowest BCUT2D eigenvalue weighted by Gasteiger charge is -2.21. The zero-order chi connectivity index (χ0) is 17.9. The van der Waals surface area contributed by atoms with Crippen molar-refractivity contribution >= 4 is 5.91 Å². The first-order valence-corrected chi connectivity index (χ1v) is 8.55. The minimum Gasteiger partial charge on any atom is -0.486 e. The van der Waals surface area contributed by atoms with E-state index in [1.54, 1.807) is 6.07 Å². The minimum atomic E-state index is -0.253. The molecule has 1 aromatic heterocycles. The van der Waals surface area contributed by atoms with Gasteiger partial charge in [0.25, 0.3) is 5.91 Å². The van der Waals surface area contributed by atoms with Crippen LogP contribution in [0, 0.1) is 0 Å². The first-order valence-electron chi connectivity index (χ1n) is 8.55. The molecule has 1 N–H and O–H groups in total. The van der Waals surface area contributed by atoms with Crippen molar-refractivity contribution < 1.29 is 18.7 Å². The van der Waals surface area contributed by atoms with Gasteiger partial charge in [-0.15, -0.1) is 0 Å². The molecule has 0 fully saturated rings. The maximum absolute atomic E-state index is 12.7. The minimum absolute atomic E-state index is 0.202. The molecule has 4 rings (SSSR count). The fourth-order valence-electron chi connectivity index (χ4n) is 3.00. The third-order valence-electron chi connectivity index (χ3n) is 4.37. The predicted octanol–water partition coefficient (Wildman–Crippen LogP) is 4.21. The van der Waals surface area contributed by atoms with E-state index in [1.165, 1.54) is 6.26 Å². The molecule has 0 spiro atoms. The number of carbonyl (C=O) groups is 1. The Bertz CT molecular complexity index is 917. The van der Waals surface area contributed by atoms with Crippen molar-refractivity contribution in [3.05, 3.63) is 72.2 Å². The van der Waals surface area contributed by atoms with Gasteiger partial charge in [-0.05, 0) is 36.2 Å². The second-order valence-corrected chi connectivity index (χ2v) is 6.13. The highest BCUT2D eigenvalue weighted by Crippen LogP contribution is 2.33. The molecule has 0 aliphatic carbocycles. The summed E-state index contributed by atoms with van der Waals surface area (Å²) in [4.78, 5) is 12.7. The van der Waals surface area contributed by atoms with Crippen LogP contribution in [0.5, 0.6) is 11.5 Å². The normalized spacial score (nSPS) is 13.9. The van der Waals surface area contributed by atoms with Gasteiger partial charge in [-0.2, -0.15) is 0 Å². The molecule has 3 aromatic rings. The summed E-state index contributed by atoms with van der Waals surface area (Å²) < 4.78 is 16.6. The number of ether oxygens (including phenoxy) is 2. The molecule has 0 bridgehead atoms. The monoisotopic (exact) mass is 349 g/mol. The lowest BCUT2D eigenvalue weighted by Crippen LogP contribution is -2.27. The van der Waals surface area contributed by atoms with E-state index in [-0.39, 0.29) is 11.9 Å². The van der Waals surface area contributed by atoms with Gasteiger partial charge in [-0.1, -0.05) is 36.4 Å². The molecule has 26 heavy (non-hydrogen) atoms. The zero-order valence-electron chi connectivity index (χ0n) is 14.4. The summed E-state index contributed by atoms with van der Waals surface area (Å²) >= 11 is 0. The number of hydrogen-bond acceptors (Lipinski definition) is 4. The van der Waals surface area contributed by atoms with Gasteiger partial charge in [0, 0.05) is 5.56 Å². The summed E-state index contributed by atoms with van der Waals surface area (Å²) in [6.45, 7) is 3.01. The van der Waals surface area contributed by atoms with Crippen LogP contribution in [0.25, 0.3) is 11.1 Å². The standard InChI is InChI=1S/C21H19NO4/c1-14(16-7-8-18-19(13-16)25-12-11-24-18)22-21(23)20-17(9-10-26-20)15-5-3-2-4-6-15/h2-10,13-14H,11-12H2,1H3,(H,22,23)/t14-/m1/s1. The molecule has 5 nitrogen and oxygen atoms in total. The summed E-state index contributed by atoms with van der Waals surface area (Å²) in [6, 6.07) is 17.0. The Morgan fingerprint density at radius 1 is 1.00 bits per heavy atom. The molecule has 0 saturated carbocycles. The van der Waals surface area contributed by atoms with Crippen LogP contribution >= 0.6 is 0 Å². The number of rotatable bonds is 4. The van der Waals surface area contributed by atoms with Crippen molar-refractivity contribution in [3.63, 3.8) is 0 Å². The van der Waals surface area contributed by atoms with Gasteiger partial charge in [0.05, 0.1) is 12.3 Å². The van der Waals surface area contributed by atoms with Crippen molar-refractivity contribution in [2.24, 2.45) is 0 Å². The third-order valence-corrected chi connectivity index (χ3v) is 4.37. The number of benzene rings is 2. The van der Waals surface area contributed by atoms with Crippen molar-refractivity contribution in [1.29, 1.82) is 0 Å². The van der Waals surface area contributed by atoms with Crippen molar-refractivity contribution in [1.82, 2.24) is 5.32 Å². The highest BCUT2D eigenvalue weighted by molar-refractivity contribution is 5.98.